The van der Waals surface area contributed by atoms with E-state index in [1.165, 1.54) is 0 Å². The van der Waals surface area contributed by atoms with Crippen LogP contribution in [0.4, 0.5) is 0 Å². The molecule has 0 unspecified atom stereocenters. The molecule has 0 spiro atoms. The lowest BCUT2D eigenvalue weighted by atomic mass is 9.93. The fraction of sp³-hybridized carbons (Fsp3) is 0.407. The van der Waals surface area contributed by atoms with Gasteiger partial charge < -0.3 is 19.5 Å². The lowest BCUT2D eigenvalue weighted by Crippen LogP contribution is -2.65. The number of carbonyl (C=O) groups is 2. The van der Waals surface area contributed by atoms with E-state index in [1.807, 2.05) is 60.0 Å². The van der Waals surface area contributed by atoms with E-state index in [0.717, 1.165) is 47.9 Å². The fourth-order valence-electron chi connectivity index (χ4n) is 5.31. The third-order valence-corrected chi connectivity index (χ3v) is 7.61. The number of rotatable bonds is 6. The SMILES string of the molecule is COc1ccc2cc3n(c2c1)C[C@@](C)(C(=O)NC1CCCC1)N(CCc1ccc(Cl)cc1)C3=O. The zero-order valence-electron chi connectivity index (χ0n) is 19.6. The van der Waals surface area contributed by atoms with Crippen LogP contribution in [-0.2, 0) is 17.8 Å². The van der Waals surface area contributed by atoms with E-state index in [1.54, 1.807) is 12.0 Å². The van der Waals surface area contributed by atoms with Gasteiger partial charge in [-0.3, -0.25) is 9.59 Å². The molecule has 2 amide bonds. The van der Waals surface area contributed by atoms with Crippen molar-refractivity contribution in [1.82, 2.24) is 14.8 Å². The number of hydrogen-bond acceptors (Lipinski definition) is 3. The Hall–Kier alpha value is -2.99. The minimum absolute atomic E-state index is 0.0840. The van der Waals surface area contributed by atoms with Gasteiger partial charge in [0.05, 0.1) is 19.2 Å². The smallest absolute Gasteiger partial charge is 0.271 e. The second-order valence-corrected chi connectivity index (χ2v) is 10.0. The summed E-state index contributed by atoms with van der Waals surface area (Å²) in [5, 5.41) is 4.89. The Labute approximate surface area is 204 Å². The summed E-state index contributed by atoms with van der Waals surface area (Å²) in [6, 6.07) is 15.5. The Morgan fingerprint density at radius 2 is 1.88 bits per heavy atom. The first kappa shape index (κ1) is 22.8. The van der Waals surface area contributed by atoms with Crippen LogP contribution in [-0.4, -0.2) is 46.5 Å². The Kier molecular flexibility index (Phi) is 6.02. The van der Waals surface area contributed by atoms with Crippen molar-refractivity contribution in [2.45, 2.75) is 57.2 Å². The molecule has 0 radical (unpaired) electrons. The Bertz CT molecular complexity index is 1230. The van der Waals surface area contributed by atoms with Crippen LogP contribution in [0, 0.1) is 0 Å². The molecule has 34 heavy (non-hydrogen) atoms. The van der Waals surface area contributed by atoms with E-state index in [9.17, 15) is 9.59 Å². The van der Waals surface area contributed by atoms with Gasteiger partial charge in [0.25, 0.3) is 5.91 Å². The van der Waals surface area contributed by atoms with Crippen molar-refractivity contribution in [2.75, 3.05) is 13.7 Å². The highest BCUT2D eigenvalue weighted by molar-refractivity contribution is 6.30. The number of hydrogen-bond donors (Lipinski definition) is 1. The molecule has 1 saturated carbocycles. The van der Waals surface area contributed by atoms with Crippen LogP contribution in [0.15, 0.2) is 48.5 Å². The van der Waals surface area contributed by atoms with Crippen molar-refractivity contribution in [3.63, 3.8) is 0 Å². The van der Waals surface area contributed by atoms with Crippen LogP contribution in [0.25, 0.3) is 10.9 Å². The summed E-state index contributed by atoms with van der Waals surface area (Å²) in [6.45, 7) is 2.73. The number of nitrogens with zero attached hydrogens (tertiary/aromatic N) is 2. The number of carbonyl (C=O) groups excluding carboxylic acids is 2. The van der Waals surface area contributed by atoms with Gasteiger partial charge in [0.2, 0.25) is 5.91 Å². The van der Waals surface area contributed by atoms with E-state index in [0.29, 0.717) is 30.2 Å². The van der Waals surface area contributed by atoms with Crippen LogP contribution < -0.4 is 10.1 Å². The van der Waals surface area contributed by atoms with Crippen molar-refractivity contribution in [2.24, 2.45) is 0 Å². The number of aromatic nitrogens is 1. The quantitative estimate of drug-likeness (QED) is 0.551. The van der Waals surface area contributed by atoms with Gasteiger partial charge in [-0.05, 0) is 62.1 Å². The third kappa shape index (κ3) is 4.05. The van der Waals surface area contributed by atoms with Gasteiger partial charge in [0.15, 0.2) is 0 Å². The summed E-state index contributed by atoms with van der Waals surface area (Å²) < 4.78 is 7.40. The summed E-state index contributed by atoms with van der Waals surface area (Å²) in [5.74, 6) is 0.516. The van der Waals surface area contributed by atoms with Gasteiger partial charge in [-0.1, -0.05) is 36.6 Å². The minimum atomic E-state index is -1.01. The van der Waals surface area contributed by atoms with Crippen molar-refractivity contribution in [3.8, 4) is 5.75 Å². The standard InChI is InChI=1S/C27H30ClN3O3/c1-27(26(33)29-21-5-3-4-6-21)17-30-23-16-22(34-2)12-9-19(23)15-24(30)25(32)31(27)14-13-18-7-10-20(28)11-8-18/h7-12,15-16,21H,3-6,13-14,17H2,1-2H3,(H,29,33)/t27-/m0/s1. The lowest BCUT2D eigenvalue weighted by Gasteiger charge is -2.44. The predicted octanol–water partition coefficient (Wildman–Crippen LogP) is 4.82. The van der Waals surface area contributed by atoms with Gasteiger partial charge in [0, 0.05) is 29.1 Å². The maximum atomic E-state index is 13.8. The molecule has 3 aromatic rings. The second kappa shape index (κ2) is 8.99. The van der Waals surface area contributed by atoms with Crippen molar-refractivity contribution in [1.29, 1.82) is 0 Å². The normalized spacial score (nSPS) is 20.6. The Balaban J connectivity index is 1.52. The summed E-state index contributed by atoms with van der Waals surface area (Å²) in [7, 11) is 1.63. The molecule has 0 saturated heterocycles. The van der Waals surface area contributed by atoms with E-state index in [4.69, 9.17) is 16.3 Å². The highest BCUT2D eigenvalue weighted by Gasteiger charge is 2.48. The zero-order chi connectivity index (χ0) is 23.9. The largest absolute Gasteiger partial charge is 0.497 e. The number of ether oxygens (including phenoxy) is 1. The topological polar surface area (TPSA) is 63.6 Å². The van der Waals surface area contributed by atoms with Crippen LogP contribution in [0.2, 0.25) is 5.02 Å². The molecule has 7 heteroatoms. The summed E-state index contributed by atoms with van der Waals surface area (Å²) >= 11 is 6.04. The molecule has 1 aliphatic carbocycles. The maximum Gasteiger partial charge on any atom is 0.271 e. The first-order valence-corrected chi connectivity index (χ1v) is 12.3. The van der Waals surface area contributed by atoms with Crippen molar-refractivity contribution < 1.29 is 14.3 Å². The van der Waals surface area contributed by atoms with Gasteiger partial charge in [-0.25, -0.2) is 0 Å². The fourth-order valence-corrected chi connectivity index (χ4v) is 5.44. The van der Waals surface area contributed by atoms with Crippen LogP contribution >= 0.6 is 11.6 Å². The lowest BCUT2D eigenvalue weighted by molar-refractivity contribution is -0.133. The maximum absolute atomic E-state index is 13.8. The molecule has 2 aromatic carbocycles. The molecule has 1 aliphatic heterocycles. The van der Waals surface area contributed by atoms with Crippen LogP contribution in [0.5, 0.6) is 5.75 Å². The summed E-state index contributed by atoms with van der Waals surface area (Å²) in [4.78, 5) is 29.3. The van der Waals surface area contributed by atoms with E-state index >= 15 is 0 Å². The molecular formula is C27H30ClN3O3. The first-order chi connectivity index (χ1) is 16.4. The summed E-state index contributed by atoms with van der Waals surface area (Å²) in [6.07, 6.45) is 4.90. The van der Waals surface area contributed by atoms with E-state index in [-0.39, 0.29) is 17.9 Å². The highest BCUT2D eigenvalue weighted by atomic mass is 35.5. The molecule has 2 heterocycles. The molecule has 0 bridgehead atoms. The summed E-state index contributed by atoms with van der Waals surface area (Å²) in [5.41, 5.74) is 1.57. The number of methoxy groups -OCH3 is 1. The molecule has 5 rings (SSSR count). The molecule has 1 fully saturated rings. The zero-order valence-corrected chi connectivity index (χ0v) is 20.4. The first-order valence-electron chi connectivity index (χ1n) is 11.9. The van der Waals surface area contributed by atoms with E-state index in [2.05, 4.69) is 5.32 Å². The second-order valence-electron chi connectivity index (χ2n) is 9.60. The predicted molar refractivity (Wildman–Crippen MR) is 133 cm³/mol. The van der Waals surface area contributed by atoms with Gasteiger partial charge in [0.1, 0.15) is 17.0 Å². The number of amides is 2. The van der Waals surface area contributed by atoms with Crippen molar-refractivity contribution in [3.05, 3.63) is 64.8 Å². The van der Waals surface area contributed by atoms with E-state index < -0.39 is 5.54 Å². The van der Waals surface area contributed by atoms with Gasteiger partial charge in [-0.2, -0.15) is 0 Å². The van der Waals surface area contributed by atoms with Gasteiger partial charge >= 0.3 is 0 Å². The number of benzene rings is 2. The molecule has 1 N–H and O–H groups in total. The average Bonchev–Trinajstić information content (AvgIpc) is 3.47. The molecule has 6 nitrogen and oxygen atoms in total. The third-order valence-electron chi connectivity index (χ3n) is 7.35. The number of fused-ring (bicyclic) bond motifs is 3. The van der Waals surface area contributed by atoms with Crippen LogP contribution in [0.3, 0.4) is 0 Å². The highest BCUT2D eigenvalue weighted by Crippen LogP contribution is 2.34. The number of nitrogens with one attached hydrogen (secondary N) is 1. The molecular weight excluding hydrogens is 450 g/mol. The monoisotopic (exact) mass is 479 g/mol. The van der Waals surface area contributed by atoms with Crippen molar-refractivity contribution >= 4 is 34.3 Å². The molecule has 1 aromatic heterocycles. The molecule has 2 aliphatic rings. The minimum Gasteiger partial charge on any atom is -0.497 e. The molecule has 1 atom stereocenters. The Morgan fingerprint density at radius 1 is 1.15 bits per heavy atom. The van der Waals surface area contributed by atoms with Gasteiger partial charge in [-0.15, -0.1) is 0 Å². The number of halogens is 1. The van der Waals surface area contributed by atoms with Crippen LogP contribution in [0.1, 0.15) is 48.7 Å². The molecule has 178 valence electrons. The average molecular weight is 480 g/mol. The Morgan fingerprint density at radius 3 is 2.59 bits per heavy atom.